The lowest BCUT2D eigenvalue weighted by molar-refractivity contribution is -0.129. The Labute approximate surface area is 90.7 Å². The Balaban J connectivity index is 2.36. The van der Waals surface area contributed by atoms with E-state index in [1.165, 1.54) is 0 Å². The molecule has 86 valence electrons. The van der Waals surface area contributed by atoms with Crippen LogP contribution in [0.2, 0.25) is 0 Å². The molecule has 1 fully saturated rings. The highest BCUT2D eigenvalue weighted by atomic mass is 16.2. The Morgan fingerprint density at radius 1 is 1.60 bits per heavy atom. The van der Waals surface area contributed by atoms with Crippen LogP contribution >= 0.6 is 0 Å². The topological polar surface area (TPSA) is 70.7 Å². The molecule has 0 saturated carbocycles. The molecule has 0 aromatic rings. The van der Waals surface area contributed by atoms with Crippen molar-refractivity contribution in [3.05, 3.63) is 0 Å². The van der Waals surface area contributed by atoms with Gasteiger partial charge >= 0.3 is 0 Å². The summed E-state index contributed by atoms with van der Waals surface area (Å²) in [5.41, 5.74) is 5.65. The number of guanidine groups is 1. The Morgan fingerprint density at radius 2 is 2.33 bits per heavy atom. The molecule has 0 spiro atoms. The van der Waals surface area contributed by atoms with E-state index in [9.17, 15) is 4.79 Å². The van der Waals surface area contributed by atoms with E-state index in [1.807, 2.05) is 18.7 Å². The first kappa shape index (κ1) is 11.8. The number of rotatable bonds is 3. The van der Waals surface area contributed by atoms with Crippen molar-refractivity contribution in [2.45, 2.75) is 32.7 Å². The van der Waals surface area contributed by atoms with Gasteiger partial charge in [-0.05, 0) is 13.3 Å². The summed E-state index contributed by atoms with van der Waals surface area (Å²) in [4.78, 5) is 17.3. The van der Waals surface area contributed by atoms with Gasteiger partial charge in [0.05, 0.1) is 0 Å². The molecule has 1 atom stereocenters. The van der Waals surface area contributed by atoms with Crippen molar-refractivity contribution in [3.63, 3.8) is 0 Å². The van der Waals surface area contributed by atoms with Crippen molar-refractivity contribution in [1.29, 1.82) is 0 Å². The van der Waals surface area contributed by atoms with Crippen LogP contribution in [0, 0.1) is 0 Å². The van der Waals surface area contributed by atoms with Crippen molar-refractivity contribution < 1.29 is 4.79 Å². The molecule has 5 nitrogen and oxygen atoms in total. The first-order chi connectivity index (χ1) is 7.17. The lowest BCUT2D eigenvalue weighted by Crippen LogP contribution is -2.42. The van der Waals surface area contributed by atoms with E-state index >= 15 is 0 Å². The fraction of sp³-hybridized carbons (Fsp3) is 0.800. The molecule has 1 aliphatic heterocycles. The maximum atomic E-state index is 11.4. The van der Waals surface area contributed by atoms with Gasteiger partial charge in [-0.15, -0.1) is 0 Å². The van der Waals surface area contributed by atoms with Crippen LogP contribution in [0.1, 0.15) is 26.7 Å². The maximum Gasteiger partial charge on any atom is 0.222 e. The quantitative estimate of drug-likeness (QED) is 0.508. The fourth-order valence-corrected chi connectivity index (χ4v) is 1.75. The minimum absolute atomic E-state index is 0.213. The van der Waals surface area contributed by atoms with Crippen molar-refractivity contribution in [2.75, 3.05) is 19.6 Å². The highest BCUT2D eigenvalue weighted by molar-refractivity contribution is 5.79. The van der Waals surface area contributed by atoms with Gasteiger partial charge in [0.2, 0.25) is 5.91 Å². The van der Waals surface area contributed by atoms with Gasteiger partial charge in [0, 0.05) is 32.1 Å². The van der Waals surface area contributed by atoms with E-state index < -0.39 is 0 Å². The van der Waals surface area contributed by atoms with Crippen LogP contribution in [0.5, 0.6) is 0 Å². The van der Waals surface area contributed by atoms with Gasteiger partial charge in [-0.2, -0.15) is 0 Å². The SMILES string of the molecule is CCN=C(N)N[C@@H]1CCN(C(=O)CC)C1. The second kappa shape index (κ2) is 5.58. The van der Waals surface area contributed by atoms with Gasteiger partial charge in [0.25, 0.3) is 0 Å². The second-order valence-corrected chi connectivity index (χ2v) is 3.68. The monoisotopic (exact) mass is 212 g/mol. The molecule has 5 heteroatoms. The van der Waals surface area contributed by atoms with Crippen LogP contribution < -0.4 is 11.1 Å². The summed E-state index contributed by atoms with van der Waals surface area (Å²) in [7, 11) is 0. The highest BCUT2D eigenvalue weighted by Crippen LogP contribution is 2.09. The average molecular weight is 212 g/mol. The molecule has 15 heavy (non-hydrogen) atoms. The molecule has 1 saturated heterocycles. The summed E-state index contributed by atoms with van der Waals surface area (Å²) in [5, 5.41) is 3.12. The van der Waals surface area contributed by atoms with E-state index in [4.69, 9.17) is 5.73 Å². The summed E-state index contributed by atoms with van der Waals surface area (Å²) < 4.78 is 0. The Kier molecular flexibility index (Phi) is 4.39. The maximum absolute atomic E-state index is 11.4. The Bertz CT molecular complexity index is 252. The highest BCUT2D eigenvalue weighted by Gasteiger charge is 2.25. The van der Waals surface area contributed by atoms with Crippen LogP contribution in [-0.4, -0.2) is 42.4 Å². The van der Waals surface area contributed by atoms with Gasteiger partial charge < -0.3 is 16.0 Å². The number of carbonyl (C=O) groups is 1. The van der Waals surface area contributed by atoms with Crippen LogP contribution in [0.15, 0.2) is 4.99 Å². The van der Waals surface area contributed by atoms with Crippen molar-refractivity contribution >= 4 is 11.9 Å². The van der Waals surface area contributed by atoms with E-state index in [0.29, 0.717) is 18.9 Å². The number of aliphatic imine (C=N–C) groups is 1. The van der Waals surface area contributed by atoms with E-state index in [-0.39, 0.29) is 11.9 Å². The van der Waals surface area contributed by atoms with Crippen LogP contribution in [-0.2, 0) is 4.79 Å². The van der Waals surface area contributed by atoms with Gasteiger partial charge in [-0.3, -0.25) is 9.79 Å². The summed E-state index contributed by atoms with van der Waals surface area (Å²) in [5.74, 6) is 0.693. The number of amides is 1. The predicted molar refractivity (Wildman–Crippen MR) is 60.6 cm³/mol. The lowest BCUT2D eigenvalue weighted by atomic mass is 10.3. The van der Waals surface area contributed by atoms with Crippen molar-refractivity contribution in [3.8, 4) is 0 Å². The number of carbonyl (C=O) groups excluding carboxylic acids is 1. The number of nitrogens with two attached hydrogens (primary N) is 1. The Morgan fingerprint density at radius 3 is 2.93 bits per heavy atom. The summed E-state index contributed by atoms with van der Waals surface area (Å²) in [6.45, 7) is 6.08. The molecule has 0 aliphatic carbocycles. The zero-order valence-electron chi connectivity index (χ0n) is 9.49. The number of hydrogen-bond acceptors (Lipinski definition) is 2. The van der Waals surface area contributed by atoms with Gasteiger partial charge in [0.1, 0.15) is 0 Å². The number of hydrogen-bond donors (Lipinski definition) is 2. The molecule has 0 bridgehead atoms. The average Bonchev–Trinajstić information content (AvgIpc) is 2.65. The summed E-state index contributed by atoms with van der Waals surface area (Å²) in [6.07, 6.45) is 1.52. The lowest BCUT2D eigenvalue weighted by Gasteiger charge is -2.16. The molecule has 1 aliphatic rings. The summed E-state index contributed by atoms with van der Waals surface area (Å²) in [6, 6.07) is 0.260. The molecule has 3 N–H and O–H groups in total. The van der Waals surface area contributed by atoms with Gasteiger partial charge in [-0.25, -0.2) is 0 Å². The third-order valence-corrected chi connectivity index (χ3v) is 2.52. The molecule has 0 aromatic carbocycles. The molecular weight excluding hydrogens is 192 g/mol. The third-order valence-electron chi connectivity index (χ3n) is 2.52. The minimum Gasteiger partial charge on any atom is -0.370 e. The Hall–Kier alpha value is -1.26. The molecule has 1 amide bonds. The second-order valence-electron chi connectivity index (χ2n) is 3.68. The van der Waals surface area contributed by atoms with E-state index in [2.05, 4.69) is 10.3 Å². The zero-order chi connectivity index (χ0) is 11.3. The fourth-order valence-electron chi connectivity index (χ4n) is 1.75. The standard InChI is InChI=1S/C10H20N4O/c1-3-9(15)14-6-5-8(7-14)13-10(11)12-4-2/h8H,3-7H2,1-2H3,(H3,11,12,13)/t8-/m1/s1. The minimum atomic E-state index is 0.213. The molecular formula is C10H20N4O. The van der Waals surface area contributed by atoms with E-state index in [1.54, 1.807) is 0 Å². The molecule has 1 heterocycles. The number of nitrogens with zero attached hydrogens (tertiary/aromatic N) is 2. The largest absolute Gasteiger partial charge is 0.370 e. The van der Waals surface area contributed by atoms with Crippen molar-refractivity contribution in [2.24, 2.45) is 10.7 Å². The first-order valence-corrected chi connectivity index (χ1v) is 5.51. The molecule has 0 radical (unpaired) electrons. The van der Waals surface area contributed by atoms with Gasteiger partial charge in [-0.1, -0.05) is 6.92 Å². The van der Waals surface area contributed by atoms with E-state index in [0.717, 1.165) is 19.5 Å². The third kappa shape index (κ3) is 3.42. The van der Waals surface area contributed by atoms with Crippen LogP contribution in [0.4, 0.5) is 0 Å². The number of nitrogens with one attached hydrogen (secondary N) is 1. The molecule has 1 rings (SSSR count). The number of likely N-dealkylation sites (tertiary alicyclic amines) is 1. The van der Waals surface area contributed by atoms with Crippen LogP contribution in [0.3, 0.4) is 0 Å². The zero-order valence-corrected chi connectivity index (χ0v) is 9.49. The summed E-state index contributed by atoms with van der Waals surface area (Å²) >= 11 is 0. The first-order valence-electron chi connectivity index (χ1n) is 5.51. The van der Waals surface area contributed by atoms with Crippen molar-refractivity contribution in [1.82, 2.24) is 10.2 Å². The van der Waals surface area contributed by atoms with Crippen LogP contribution in [0.25, 0.3) is 0 Å². The molecule has 0 aromatic heterocycles. The molecule has 0 unspecified atom stereocenters. The van der Waals surface area contributed by atoms with Gasteiger partial charge in [0.15, 0.2) is 5.96 Å². The normalized spacial score (nSPS) is 21.9. The predicted octanol–water partition coefficient (Wildman–Crippen LogP) is -0.0785. The smallest absolute Gasteiger partial charge is 0.222 e.